The van der Waals surface area contributed by atoms with Crippen LogP contribution < -0.4 is 5.73 Å². The monoisotopic (exact) mass is 207 g/mol. The molecule has 0 saturated heterocycles. The quantitative estimate of drug-likeness (QED) is 0.611. The third-order valence-corrected chi connectivity index (χ3v) is 2.17. The average Bonchev–Trinajstić information content (AvgIpc) is 2.16. The molecule has 1 rings (SSSR count). The summed E-state index contributed by atoms with van der Waals surface area (Å²) in [4.78, 5) is 11.3. The number of benzene rings is 1. The molecule has 0 saturated carbocycles. The van der Waals surface area contributed by atoms with Crippen LogP contribution in [0.15, 0.2) is 18.2 Å². The van der Waals surface area contributed by atoms with Gasteiger partial charge in [-0.1, -0.05) is 19.9 Å². The van der Waals surface area contributed by atoms with Crippen molar-refractivity contribution in [2.24, 2.45) is 5.92 Å². The summed E-state index contributed by atoms with van der Waals surface area (Å²) in [5, 5.41) is 0. The summed E-state index contributed by atoms with van der Waals surface area (Å²) < 4.78 is 4.62. The molecule has 0 fully saturated rings. The molecule has 0 unspecified atom stereocenters. The number of carbonyl (C=O) groups excluding carboxylic acids is 1. The van der Waals surface area contributed by atoms with Gasteiger partial charge in [-0.05, 0) is 30.0 Å². The fourth-order valence-corrected chi connectivity index (χ4v) is 1.51. The van der Waals surface area contributed by atoms with E-state index in [2.05, 4.69) is 18.6 Å². The van der Waals surface area contributed by atoms with Crippen LogP contribution in [-0.4, -0.2) is 13.1 Å². The van der Waals surface area contributed by atoms with E-state index >= 15 is 0 Å². The molecule has 3 heteroatoms. The molecule has 1 aromatic rings. The van der Waals surface area contributed by atoms with Crippen molar-refractivity contribution >= 4 is 11.7 Å². The molecule has 1 aromatic carbocycles. The highest BCUT2D eigenvalue weighted by Gasteiger charge is 2.10. The van der Waals surface area contributed by atoms with Crippen LogP contribution in [-0.2, 0) is 11.2 Å². The van der Waals surface area contributed by atoms with Gasteiger partial charge in [0.1, 0.15) is 0 Å². The van der Waals surface area contributed by atoms with Gasteiger partial charge in [-0.15, -0.1) is 0 Å². The largest absolute Gasteiger partial charge is 0.465 e. The zero-order valence-electron chi connectivity index (χ0n) is 9.41. The van der Waals surface area contributed by atoms with Gasteiger partial charge in [0.15, 0.2) is 0 Å². The Hall–Kier alpha value is -1.51. The Morgan fingerprint density at radius 1 is 1.47 bits per heavy atom. The van der Waals surface area contributed by atoms with Crippen LogP contribution in [0.1, 0.15) is 29.8 Å². The highest BCUT2D eigenvalue weighted by molar-refractivity contribution is 5.95. The van der Waals surface area contributed by atoms with Crippen molar-refractivity contribution in [1.82, 2.24) is 0 Å². The molecule has 0 aromatic heterocycles. The smallest absolute Gasteiger partial charge is 0.339 e. The highest BCUT2D eigenvalue weighted by atomic mass is 16.5. The standard InChI is InChI=1S/C12H17NO2/c1-8(2)6-9-4-5-10(11(13)7-9)12(14)15-3/h4-5,7-8H,6,13H2,1-3H3. The summed E-state index contributed by atoms with van der Waals surface area (Å²) in [6.07, 6.45) is 0.964. The molecule has 0 amide bonds. The van der Waals surface area contributed by atoms with E-state index in [-0.39, 0.29) is 5.97 Å². The van der Waals surface area contributed by atoms with Gasteiger partial charge in [-0.25, -0.2) is 4.79 Å². The Kier molecular flexibility index (Phi) is 3.72. The number of esters is 1. The minimum Gasteiger partial charge on any atom is -0.465 e. The highest BCUT2D eigenvalue weighted by Crippen LogP contribution is 2.17. The molecule has 0 heterocycles. The predicted molar refractivity (Wildman–Crippen MR) is 60.7 cm³/mol. The van der Waals surface area contributed by atoms with E-state index in [1.54, 1.807) is 6.07 Å². The van der Waals surface area contributed by atoms with Gasteiger partial charge < -0.3 is 10.5 Å². The molecule has 0 atom stereocenters. The first kappa shape index (κ1) is 11.6. The van der Waals surface area contributed by atoms with Crippen molar-refractivity contribution in [3.63, 3.8) is 0 Å². The van der Waals surface area contributed by atoms with Crippen LogP contribution in [0, 0.1) is 5.92 Å². The minimum absolute atomic E-state index is 0.386. The minimum atomic E-state index is -0.386. The molecule has 82 valence electrons. The number of hydrogen-bond donors (Lipinski definition) is 1. The number of ether oxygens (including phenoxy) is 1. The Bertz CT molecular complexity index is 359. The normalized spacial score (nSPS) is 10.4. The summed E-state index contributed by atoms with van der Waals surface area (Å²) in [6, 6.07) is 5.48. The first-order chi connectivity index (χ1) is 7.04. The number of hydrogen-bond acceptors (Lipinski definition) is 3. The lowest BCUT2D eigenvalue weighted by Crippen LogP contribution is -2.06. The van der Waals surface area contributed by atoms with Gasteiger partial charge in [-0.2, -0.15) is 0 Å². The van der Waals surface area contributed by atoms with Gasteiger partial charge in [0.25, 0.3) is 0 Å². The first-order valence-corrected chi connectivity index (χ1v) is 5.01. The van der Waals surface area contributed by atoms with Gasteiger partial charge in [0, 0.05) is 5.69 Å². The molecule has 3 nitrogen and oxygen atoms in total. The second-order valence-electron chi connectivity index (χ2n) is 4.01. The van der Waals surface area contributed by atoms with E-state index in [0.29, 0.717) is 17.2 Å². The maximum Gasteiger partial charge on any atom is 0.339 e. The van der Waals surface area contributed by atoms with Gasteiger partial charge in [0.2, 0.25) is 0 Å². The molecule has 0 aliphatic carbocycles. The van der Waals surface area contributed by atoms with Crippen LogP contribution in [0.25, 0.3) is 0 Å². The second-order valence-corrected chi connectivity index (χ2v) is 4.01. The molecule has 0 aliphatic rings. The fourth-order valence-electron chi connectivity index (χ4n) is 1.51. The maximum absolute atomic E-state index is 11.3. The van der Waals surface area contributed by atoms with Crippen LogP contribution in [0.3, 0.4) is 0 Å². The Balaban J connectivity index is 2.93. The SMILES string of the molecule is COC(=O)c1ccc(CC(C)C)cc1N. The average molecular weight is 207 g/mol. The van der Waals surface area contributed by atoms with E-state index in [1.165, 1.54) is 7.11 Å². The molecular weight excluding hydrogens is 190 g/mol. The maximum atomic E-state index is 11.3. The fraction of sp³-hybridized carbons (Fsp3) is 0.417. The van der Waals surface area contributed by atoms with Crippen LogP contribution in [0.2, 0.25) is 0 Å². The lowest BCUT2D eigenvalue weighted by atomic mass is 10.0. The van der Waals surface area contributed by atoms with E-state index in [9.17, 15) is 4.79 Å². The molecule has 0 aliphatic heterocycles. The van der Waals surface area contributed by atoms with Crippen molar-refractivity contribution in [2.45, 2.75) is 20.3 Å². The summed E-state index contributed by atoms with van der Waals surface area (Å²) in [6.45, 7) is 4.29. The summed E-state index contributed by atoms with van der Waals surface area (Å²) in [5.74, 6) is 0.192. The number of nitrogens with two attached hydrogens (primary N) is 1. The Morgan fingerprint density at radius 2 is 2.13 bits per heavy atom. The number of anilines is 1. The van der Waals surface area contributed by atoms with Crippen LogP contribution in [0.5, 0.6) is 0 Å². The van der Waals surface area contributed by atoms with E-state index in [4.69, 9.17) is 5.73 Å². The summed E-state index contributed by atoms with van der Waals surface area (Å²) in [7, 11) is 1.35. The van der Waals surface area contributed by atoms with Crippen molar-refractivity contribution in [2.75, 3.05) is 12.8 Å². The number of nitrogen functional groups attached to an aromatic ring is 1. The summed E-state index contributed by atoms with van der Waals surface area (Å²) >= 11 is 0. The molecule has 0 spiro atoms. The van der Waals surface area contributed by atoms with E-state index in [1.807, 2.05) is 12.1 Å². The van der Waals surface area contributed by atoms with Crippen molar-refractivity contribution in [3.8, 4) is 0 Å². The third kappa shape index (κ3) is 2.98. The van der Waals surface area contributed by atoms with Crippen LogP contribution in [0.4, 0.5) is 5.69 Å². The van der Waals surface area contributed by atoms with Gasteiger partial charge in [-0.3, -0.25) is 0 Å². The third-order valence-electron chi connectivity index (χ3n) is 2.17. The second kappa shape index (κ2) is 4.82. The van der Waals surface area contributed by atoms with Crippen molar-refractivity contribution < 1.29 is 9.53 Å². The van der Waals surface area contributed by atoms with Gasteiger partial charge in [0.05, 0.1) is 12.7 Å². The Morgan fingerprint density at radius 3 is 2.60 bits per heavy atom. The van der Waals surface area contributed by atoms with Crippen molar-refractivity contribution in [3.05, 3.63) is 29.3 Å². The molecule has 2 N–H and O–H groups in total. The number of methoxy groups -OCH3 is 1. The summed E-state index contributed by atoms with van der Waals surface area (Å²) in [5.41, 5.74) is 7.84. The Labute approximate surface area is 90.2 Å². The molecular formula is C12H17NO2. The predicted octanol–water partition coefficient (Wildman–Crippen LogP) is 2.25. The molecule has 0 radical (unpaired) electrons. The van der Waals surface area contributed by atoms with E-state index in [0.717, 1.165) is 12.0 Å². The lowest BCUT2D eigenvalue weighted by Gasteiger charge is -2.08. The number of carbonyl (C=O) groups is 1. The number of rotatable bonds is 3. The molecule has 0 bridgehead atoms. The zero-order valence-corrected chi connectivity index (χ0v) is 9.41. The van der Waals surface area contributed by atoms with Crippen LogP contribution >= 0.6 is 0 Å². The zero-order chi connectivity index (χ0) is 11.4. The topological polar surface area (TPSA) is 52.3 Å². The first-order valence-electron chi connectivity index (χ1n) is 5.01. The van der Waals surface area contributed by atoms with E-state index < -0.39 is 0 Å². The van der Waals surface area contributed by atoms with Gasteiger partial charge >= 0.3 is 5.97 Å². The molecule has 15 heavy (non-hydrogen) atoms. The van der Waals surface area contributed by atoms with Crippen molar-refractivity contribution in [1.29, 1.82) is 0 Å². The lowest BCUT2D eigenvalue weighted by molar-refractivity contribution is 0.0602.